The van der Waals surface area contributed by atoms with E-state index in [0.717, 1.165) is 0 Å². The standard InChI is InChI=1S/C20H19N3O8S2/c1-23(7-2-8-33(27,28)29)14-5-3-12-9-15(20(24)31-17(12)11-14)19-21-16-6-4-13(22-32(25)26)10-18(16)30-19/h3-6,9-11,22H,2,7-8H2,1H3,(H,25,26)(H,27,28,29). The topological polar surface area (TPSA) is 163 Å². The molecule has 174 valence electrons. The largest absolute Gasteiger partial charge is 0.436 e. The Morgan fingerprint density at radius 1 is 1.12 bits per heavy atom. The second kappa shape index (κ2) is 8.94. The van der Waals surface area contributed by atoms with Crippen molar-refractivity contribution in [3.05, 3.63) is 52.9 Å². The van der Waals surface area contributed by atoms with Crippen molar-refractivity contribution in [2.45, 2.75) is 6.42 Å². The average molecular weight is 494 g/mol. The van der Waals surface area contributed by atoms with Crippen molar-refractivity contribution in [1.82, 2.24) is 4.98 Å². The van der Waals surface area contributed by atoms with Crippen LogP contribution in [-0.2, 0) is 21.4 Å². The molecule has 2 aromatic heterocycles. The summed E-state index contributed by atoms with van der Waals surface area (Å²) in [6.45, 7) is 0.372. The Hall–Kier alpha value is -3.26. The molecule has 0 aliphatic heterocycles. The Morgan fingerprint density at radius 3 is 2.64 bits per heavy atom. The number of fused-ring (bicyclic) bond motifs is 2. The van der Waals surface area contributed by atoms with Crippen molar-refractivity contribution in [3.8, 4) is 11.5 Å². The monoisotopic (exact) mass is 493 g/mol. The van der Waals surface area contributed by atoms with E-state index < -0.39 is 27.0 Å². The van der Waals surface area contributed by atoms with Crippen molar-refractivity contribution in [3.63, 3.8) is 0 Å². The lowest BCUT2D eigenvalue weighted by Gasteiger charge is -2.19. The zero-order valence-electron chi connectivity index (χ0n) is 17.2. The number of rotatable bonds is 8. The quantitative estimate of drug-likeness (QED) is 0.189. The van der Waals surface area contributed by atoms with Crippen LogP contribution >= 0.6 is 0 Å². The highest BCUT2D eigenvalue weighted by Gasteiger charge is 2.16. The lowest BCUT2D eigenvalue weighted by molar-refractivity contribution is 0.481. The molecule has 0 spiro atoms. The van der Waals surface area contributed by atoms with Crippen LogP contribution in [0.5, 0.6) is 0 Å². The van der Waals surface area contributed by atoms with Crippen LogP contribution in [0, 0.1) is 0 Å². The molecular weight excluding hydrogens is 474 g/mol. The fourth-order valence-electron chi connectivity index (χ4n) is 3.30. The van der Waals surface area contributed by atoms with Crippen LogP contribution in [-0.4, -0.2) is 46.1 Å². The first-order valence-corrected chi connectivity index (χ1v) is 12.3. The molecule has 2 heterocycles. The summed E-state index contributed by atoms with van der Waals surface area (Å²) >= 11 is -2.24. The maximum Gasteiger partial charge on any atom is 0.349 e. The SMILES string of the molecule is CN(CCCS(=O)(=O)O)c1ccc2cc(-c3nc4ccc(NS(=O)O)cc4o3)c(=O)oc2c1. The van der Waals surface area contributed by atoms with Gasteiger partial charge < -0.3 is 13.7 Å². The van der Waals surface area contributed by atoms with E-state index in [4.69, 9.17) is 17.9 Å². The van der Waals surface area contributed by atoms with Crippen LogP contribution in [0.25, 0.3) is 33.5 Å². The summed E-state index contributed by atoms with van der Waals surface area (Å²) < 4.78 is 63.9. The highest BCUT2D eigenvalue weighted by molar-refractivity contribution is 7.85. The molecule has 1 unspecified atom stereocenters. The van der Waals surface area contributed by atoms with Crippen molar-refractivity contribution < 1.29 is 30.6 Å². The average Bonchev–Trinajstić information content (AvgIpc) is 3.14. The zero-order valence-corrected chi connectivity index (χ0v) is 18.9. The predicted molar refractivity (Wildman–Crippen MR) is 124 cm³/mol. The first-order valence-electron chi connectivity index (χ1n) is 9.62. The van der Waals surface area contributed by atoms with Gasteiger partial charge in [-0.25, -0.2) is 14.0 Å². The minimum Gasteiger partial charge on any atom is -0.436 e. The van der Waals surface area contributed by atoms with Crippen LogP contribution < -0.4 is 15.2 Å². The van der Waals surface area contributed by atoms with E-state index in [9.17, 15) is 17.4 Å². The minimum absolute atomic E-state index is 0.0503. The fourth-order valence-corrected chi connectivity index (χ4v) is 4.13. The maximum absolute atomic E-state index is 12.6. The van der Waals surface area contributed by atoms with E-state index in [0.29, 0.717) is 40.0 Å². The van der Waals surface area contributed by atoms with E-state index in [1.165, 1.54) is 6.07 Å². The van der Waals surface area contributed by atoms with E-state index in [1.54, 1.807) is 48.3 Å². The molecule has 0 aliphatic carbocycles. The Labute approximate surface area is 190 Å². The van der Waals surface area contributed by atoms with Gasteiger partial charge in [0.1, 0.15) is 16.7 Å². The molecule has 33 heavy (non-hydrogen) atoms. The number of benzene rings is 2. The number of oxazole rings is 1. The number of nitrogens with zero attached hydrogens (tertiary/aromatic N) is 2. The van der Waals surface area contributed by atoms with Crippen LogP contribution in [0.15, 0.2) is 56.1 Å². The molecule has 11 nitrogen and oxygen atoms in total. The van der Waals surface area contributed by atoms with Crippen molar-refractivity contribution >= 4 is 54.8 Å². The summed E-state index contributed by atoms with van der Waals surface area (Å²) in [5, 5.41) is 0.625. The van der Waals surface area contributed by atoms with Crippen LogP contribution in [0.3, 0.4) is 0 Å². The molecule has 0 saturated carbocycles. The van der Waals surface area contributed by atoms with Gasteiger partial charge in [0, 0.05) is 36.8 Å². The maximum atomic E-state index is 12.6. The van der Waals surface area contributed by atoms with Crippen molar-refractivity contribution in [1.29, 1.82) is 0 Å². The van der Waals surface area contributed by atoms with Gasteiger partial charge in [0.15, 0.2) is 5.58 Å². The third-order valence-corrected chi connectivity index (χ3v) is 6.10. The molecule has 0 bridgehead atoms. The molecule has 0 amide bonds. The third kappa shape index (κ3) is 5.39. The molecule has 0 fully saturated rings. The lowest BCUT2D eigenvalue weighted by atomic mass is 10.1. The van der Waals surface area contributed by atoms with Gasteiger partial charge in [-0.1, -0.05) is 0 Å². The Morgan fingerprint density at radius 2 is 1.91 bits per heavy atom. The zero-order chi connectivity index (χ0) is 23.8. The van der Waals surface area contributed by atoms with Crippen molar-refractivity contribution in [2.24, 2.45) is 0 Å². The molecule has 0 radical (unpaired) electrons. The molecule has 3 N–H and O–H groups in total. The second-order valence-electron chi connectivity index (χ2n) is 7.28. The van der Waals surface area contributed by atoms with Crippen LogP contribution in [0.4, 0.5) is 11.4 Å². The normalized spacial score (nSPS) is 12.8. The highest BCUT2D eigenvalue weighted by Crippen LogP contribution is 2.28. The summed E-state index contributed by atoms with van der Waals surface area (Å²) in [6.07, 6.45) is 0.236. The van der Waals surface area contributed by atoms with Crippen LogP contribution in [0.1, 0.15) is 6.42 Å². The number of hydrogen-bond acceptors (Lipinski definition) is 8. The number of aromatic nitrogens is 1. The molecule has 13 heteroatoms. The summed E-state index contributed by atoms with van der Waals surface area (Å²) in [7, 11) is -2.27. The first kappa shape index (κ1) is 22.9. The van der Waals surface area contributed by atoms with Gasteiger partial charge in [-0.15, -0.1) is 0 Å². The molecule has 2 aromatic carbocycles. The van der Waals surface area contributed by atoms with Gasteiger partial charge in [-0.3, -0.25) is 13.8 Å². The smallest absolute Gasteiger partial charge is 0.349 e. The molecule has 4 aromatic rings. The van der Waals surface area contributed by atoms with Gasteiger partial charge in [-0.05, 0) is 36.8 Å². The van der Waals surface area contributed by atoms with E-state index in [1.807, 2.05) is 0 Å². The van der Waals surface area contributed by atoms with Crippen LogP contribution in [0.2, 0.25) is 0 Å². The second-order valence-corrected chi connectivity index (χ2v) is 9.56. The van der Waals surface area contributed by atoms with Gasteiger partial charge >= 0.3 is 5.63 Å². The molecule has 0 aliphatic rings. The van der Waals surface area contributed by atoms with Gasteiger partial charge in [-0.2, -0.15) is 8.42 Å². The molecule has 4 rings (SSSR count). The number of anilines is 2. The van der Waals surface area contributed by atoms with Gasteiger partial charge in [0.25, 0.3) is 21.4 Å². The first-order chi connectivity index (χ1) is 15.6. The van der Waals surface area contributed by atoms with E-state index in [2.05, 4.69) is 9.71 Å². The Bertz CT molecular complexity index is 1530. The van der Waals surface area contributed by atoms with Gasteiger partial charge in [0.2, 0.25) is 5.89 Å². The Balaban J connectivity index is 1.62. The molecule has 0 saturated heterocycles. The summed E-state index contributed by atoms with van der Waals surface area (Å²) in [5.74, 6) is -0.294. The lowest BCUT2D eigenvalue weighted by Crippen LogP contribution is -2.21. The number of hydrogen-bond donors (Lipinski definition) is 3. The Kier molecular flexibility index (Phi) is 6.21. The summed E-state index contributed by atoms with van der Waals surface area (Å²) in [5.41, 5.74) is 1.63. The van der Waals surface area contributed by atoms with Crippen molar-refractivity contribution in [2.75, 3.05) is 29.0 Å². The summed E-state index contributed by atoms with van der Waals surface area (Å²) in [6, 6.07) is 11.4. The van der Waals surface area contributed by atoms with Gasteiger partial charge in [0.05, 0.1) is 11.4 Å². The minimum atomic E-state index is -4.02. The fraction of sp³-hybridized carbons (Fsp3) is 0.200. The van der Waals surface area contributed by atoms with E-state index >= 15 is 0 Å². The predicted octanol–water partition coefficient (Wildman–Crippen LogP) is 2.86. The molecule has 1 atom stereocenters. The highest BCUT2D eigenvalue weighted by atomic mass is 32.2. The summed E-state index contributed by atoms with van der Waals surface area (Å²) in [4.78, 5) is 18.7. The third-order valence-electron chi connectivity index (χ3n) is 4.88. The number of nitrogens with one attached hydrogen (secondary N) is 1. The van der Waals surface area contributed by atoms with E-state index in [-0.39, 0.29) is 23.6 Å². The molecular formula is C20H19N3O8S2.